The van der Waals surface area contributed by atoms with Crippen molar-refractivity contribution in [1.82, 2.24) is 15.0 Å². The van der Waals surface area contributed by atoms with Gasteiger partial charge in [-0.3, -0.25) is 0 Å². The van der Waals surface area contributed by atoms with Gasteiger partial charge in [0.05, 0.1) is 26.4 Å². The molecule has 1 aromatic heterocycles. The molecule has 7 nitrogen and oxygen atoms in total. The van der Waals surface area contributed by atoms with E-state index in [0.29, 0.717) is 64.5 Å². The van der Waals surface area contributed by atoms with Crippen LogP contribution in [0.15, 0.2) is 0 Å². The van der Waals surface area contributed by atoms with E-state index in [1.807, 2.05) is 9.80 Å². The summed E-state index contributed by atoms with van der Waals surface area (Å²) in [6, 6.07) is 0. The molecule has 0 aromatic carbocycles. The largest absolute Gasteiger partial charge is 0.378 e. The summed E-state index contributed by atoms with van der Waals surface area (Å²) in [5, 5.41) is 0. The summed E-state index contributed by atoms with van der Waals surface area (Å²) in [5.41, 5.74) is 0. The summed E-state index contributed by atoms with van der Waals surface area (Å²) in [6.07, 6.45) is 0. The Labute approximate surface area is 143 Å². The zero-order valence-electron chi connectivity index (χ0n) is 11.8. The van der Waals surface area contributed by atoms with Crippen molar-refractivity contribution in [3.8, 4) is 0 Å². The van der Waals surface area contributed by atoms with Crippen molar-refractivity contribution in [3.05, 3.63) is 5.82 Å². The lowest BCUT2D eigenvalue weighted by Gasteiger charge is -2.30. The van der Waals surface area contributed by atoms with Crippen LogP contribution in [0.5, 0.6) is 0 Å². The lowest BCUT2D eigenvalue weighted by atomic mass is 10.4. The van der Waals surface area contributed by atoms with Crippen LogP contribution >= 0.6 is 34.8 Å². The van der Waals surface area contributed by atoms with E-state index in [1.165, 1.54) is 0 Å². The Morgan fingerprint density at radius 1 is 0.727 bits per heavy atom. The number of hydrogen-bond donors (Lipinski definition) is 0. The van der Waals surface area contributed by atoms with Crippen molar-refractivity contribution in [3.63, 3.8) is 0 Å². The average molecular weight is 369 g/mol. The van der Waals surface area contributed by atoms with Crippen LogP contribution in [0.3, 0.4) is 0 Å². The topological polar surface area (TPSA) is 63.6 Å². The van der Waals surface area contributed by atoms with Crippen molar-refractivity contribution >= 4 is 46.7 Å². The maximum Gasteiger partial charge on any atom is 0.250 e. The molecule has 0 bridgehead atoms. The summed E-state index contributed by atoms with van der Waals surface area (Å²) < 4.78 is 9.01. The van der Waals surface area contributed by atoms with E-state index in [2.05, 4.69) is 15.0 Å². The minimum Gasteiger partial charge on any atom is -0.378 e. The predicted octanol–water partition coefficient (Wildman–Crippen LogP) is 1.37. The molecule has 22 heavy (non-hydrogen) atoms. The van der Waals surface area contributed by atoms with E-state index in [-0.39, 0.29) is 5.82 Å². The number of hydrogen-bond acceptors (Lipinski definition) is 7. The normalized spacial score (nSPS) is 20.3. The third-order valence-electron chi connectivity index (χ3n) is 3.45. The SMILES string of the molecule is ClC(Cl)(Cl)c1nc(N2CCOCC2)nc(N2CCOCC2)n1. The molecule has 1 aromatic rings. The fraction of sp³-hybridized carbons (Fsp3) is 0.750. The summed E-state index contributed by atoms with van der Waals surface area (Å²) in [7, 11) is 0. The minimum absolute atomic E-state index is 0.135. The second kappa shape index (κ2) is 6.88. The van der Waals surface area contributed by atoms with Gasteiger partial charge in [-0.25, -0.2) is 0 Å². The van der Waals surface area contributed by atoms with Gasteiger partial charge >= 0.3 is 0 Å². The van der Waals surface area contributed by atoms with Crippen LogP contribution in [0, 0.1) is 0 Å². The van der Waals surface area contributed by atoms with Crippen LogP contribution in [0.4, 0.5) is 11.9 Å². The van der Waals surface area contributed by atoms with Crippen LogP contribution in [-0.4, -0.2) is 67.6 Å². The molecule has 0 saturated carbocycles. The van der Waals surface area contributed by atoms with Gasteiger partial charge in [-0.15, -0.1) is 0 Å². The van der Waals surface area contributed by atoms with Gasteiger partial charge in [0.25, 0.3) is 0 Å². The Balaban J connectivity index is 1.93. The molecule has 10 heteroatoms. The van der Waals surface area contributed by atoms with Gasteiger partial charge in [0.1, 0.15) is 0 Å². The van der Waals surface area contributed by atoms with E-state index in [9.17, 15) is 0 Å². The first kappa shape index (κ1) is 16.3. The third-order valence-corrected chi connectivity index (χ3v) is 3.96. The van der Waals surface area contributed by atoms with E-state index >= 15 is 0 Å². The molecule has 2 fully saturated rings. The minimum atomic E-state index is -1.69. The van der Waals surface area contributed by atoms with Gasteiger partial charge in [-0.1, -0.05) is 34.8 Å². The number of aromatic nitrogens is 3. The number of halogens is 3. The number of nitrogens with zero attached hydrogens (tertiary/aromatic N) is 5. The summed E-state index contributed by atoms with van der Waals surface area (Å²) in [5.74, 6) is 1.16. The van der Waals surface area contributed by atoms with Gasteiger partial charge in [0.15, 0.2) is 5.82 Å². The van der Waals surface area contributed by atoms with Crippen molar-refractivity contribution in [2.75, 3.05) is 62.4 Å². The van der Waals surface area contributed by atoms with Crippen LogP contribution in [-0.2, 0) is 13.3 Å². The number of anilines is 2. The molecule has 0 unspecified atom stereocenters. The molecular weight excluding hydrogens is 353 g/mol. The van der Waals surface area contributed by atoms with Crippen molar-refractivity contribution in [2.24, 2.45) is 0 Å². The van der Waals surface area contributed by atoms with Crippen LogP contribution in [0.1, 0.15) is 5.82 Å². The molecule has 122 valence electrons. The molecule has 0 spiro atoms. The zero-order chi connectivity index (χ0) is 15.6. The Kier molecular flexibility index (Phi) is 5.09. The van der Waals surface area contributed by atoms with Crippen LogP contribution in [0.25, 0.3) is 0 Å². The Hall–Kier alpha value is -0.600. The van der Waals surface area contributed by atoms with E-state index in [0.717, 1.165) is 0 Å². The Morgan fingerprint density at radius 3 is 1.50 bits per heavy atom. The predicted molar refractivity (Wildman–Crippen MR) is 85.1 cm³/mol. The quantitative estimate of drug-likeness (QED) is 0.731. The lowest BCUT2D eigenvalue weighted by molar-refractivity contribution is 0.121. The van der Waals surface area contributed by atoms with Crippen molar-refractivity contribution < 1.29 is 9.47 Å². The number of alkyl halides is 3. The van der Waals surface area contributed by atoms with Gasteiger partial charge in [0, 0.05) is 26.2 Å². The highest BCUT2D eigenvalue weighted by molar-refractivity contribution is 6.66. The van der Waals surface area contributed by atoms with Gasteiger partial charge in [-0.05, 0) is 0 Å². The highest BCUT2D eigenvalue weighted by atomic mass is 35.6. The molecule has 0 aliphatic carbocycles. The van der Waals surface area contributed by atoms with Gasteiger partial charge in [0.2, 0.25) is 15.7 Å². The Bertz CT molecular complexity index is 480. The van der Waals surface area contributed by atoms with Crippen molar-refractivity contribution in [2.45, 2.75) is 3.79 Å². The maximum absolute atomic E-state index is 5.97. The molecule has 0 radical (unpaired) electrons. The Morgan fingerprint density at radius 2 is 1.14 bits per heavy atom. The first-order valence-electron chi connectivity index (χ1n) is 7.03. The fourth-order valence-electron chi connectivity index (χ4n) is 2.29. The van der Waals surface area contributed by atoms with E-state index in [4.69, 9.17) is 44.3 Å². The monoisotopic (exact) mass is 367 g/mol. The zero-order valence-corrected chi connectivity index (χ0v) is 14.1. The van der Waals surface area contributed by atoms with Crippen molar-refractivity contribution in [1.29, 1.82) is 0 Å². The number of rotatable bonds is 2. The second-order valence-corrected chi connectivity index (χ2v) is 7.24. The van der Waals surface area contributed by atoms with Gasteiger partial charge in [-0.2, -0.15) is 15.0 Å². The molecule has 2 aliphatic heterocycles. The third kappa shape index (κ3) is 3.83. The maximum atomic E-state index is 5.97. The molecule has 0 N–H and O–H groups in total. The standard InChI is InChI=1S/C12H16Cl3N5O2/c13-12(14,15)9-16-10(19-1-5-21-6-2-19)18-11(17-9)20-3-7-22-8-4-20/h1-8H2. The molecule has 2 saturated heterocycles. The highest BCUT2D eigenvalue weighted by Gasteiger charge is 2.30. The first-order valence-corrected chi connectivity index (χ1v) is 8.16. The van der Waals surface area contributed by atoms with E-state index < -0.39 is 3.79 Å². The second-order valence-electron chi connectivity index (χ2n) is 4.96. The molecule has 0 amide bonds. The molecule has 3 rings (SSSR count). The van der Waals surface area contributed by atoms with Gasteiger partial charge < -0.3 is 19.3 Å². The fourth-order valence-corrected chi connectivity index (χ4v) is 2.54. The smallest absolute Gasteiger partial charge is 0.250 e. The summed E-state index contributed by atoms with van der Waals surface area (Å²) in [6.45, 7) is 5.31. The molecular formula is C12H16Cl3N5O2. The van der Waals surface area contributed by atoms with E-state index in [1.54, 1.807) is 0 Å². The highest BCUT2D eigenvalue weighted by Crippen LogP contribution is 2.37. The molecule has 2 aliphatic rings. The van der Waals surface area contributed by atoms with Crippen LogP contribution in [0.2, 0.25) is 0 Å². The lowest BCUT2D eigenvalue weighted by Crippen LogP contribution is -2.40. The molecule has 0 atom stereocenters. The number of ether oxygens (including phenoxy) is 2. The first-order chi connectivity index (χ1) is 10.5. The average Bonchev–Trinajstić information content (AvgIpc) is 2.55. The summed E-state index contributed by atoms with van der Waals surface area (Å²) >= 11 is 17.9. The molecule has 3 heterocycles. The van der Waals surface area contributed by atoms with Crippen LogP contribution < -0.4 is 9.80 Å². The number of morpholine rings is 2. The summed E-state index contributed by atoms with van der Waals surface area (Å²) in [4.78, 5) is 17.2.